The van der Waals surface area contributed by atoms with Crippen molar-refractivity contribution in [3.63, 3.8) is 0 Å². The zero-order valence-corrected chi connectivity index (χ0v) is 71.1. The van der Waals surface area contributed by atoms with Crippen LogP contribution in [0.15, 0.2) is 273 Å². The predicted octanol–water partition coefficient (Wildman–Crippen LogP) is 14.8. The number of hydrogen-bond acceptors (Lipinski definition) is 34. The lowest BCUT2D eigenvalue weighted by Crippen LogP contribution is -2.16. The Kier molecular flexibility index (Phi) is 33.6. The Hall–Kier alpha value is -18.2. The lowest BCUT2D eigenvalue weighted by Gasteiger charge is -2.10. The monoisotopic (exact) mass is 1740 g/mol. The van der Waals surface area contributed by atoms with Gasteiger partial charge in [-0.05, 0) is 165 Å². The average molecular weight is 1740 g/mol. The maximum Gasteiger partial charge on any atom is 0.322 e. The Labute approximate surface area is 739 Å². The van der Waals surface area contributed by atoms with Gasteiger partial charge in [0, 0.05) is 70.3 Å². The first-order chi connectivity index (χ1) is 62.8. The molecule has 0 unspecified atom stereocenters. The average Bonchev–Trinajstić information content (AvgIpc) is 0.872. The van der Waals surface area contributed by atoms with Crippen molar-refractivity contribution >= 4 is 129 Å². The topological polar surface area (TPSA) is 488 Å². The van der Waals surface area contributed by atoms with Crippen LogP contribution in [0.5, 0.6) is 41.0 Å². The number of amides is 5. The van der Waals surface area contributed by atoms with Crippen LogP contribution in [0.25, 0.3) is 0 Å². The zero-order valence-electron chi connectivity index (χ0n) is 71.1. The summed E-state index contributed by atoms with van der Waals surface area (Å²) in [5, 5.41) is 34.3. The van der Waals surface area contributed by atoms with E-state index >= 15 is 0 Å². The summed E-state index contributed by atoms with van der Waals surface area (Å²) in [4.78, 5) is 124. The van der Waals surface area contributed by atoms with E-state index < -0.39 is 0 Å². The molecule has 129 heavy (non-hydrogen) atoms. The van der Waals surface area contributed by atoms with Crippen LogP contribution >= 0.6 is 0 Å². The molecule has 0 saturated heterocycles. The van der Waals surface area contributed by atoms with E-state index in [9.17, 15) is 24.0 Å². The molecule has 39 heteroatoms. The van der Waals surface area contributed by atoms with Crippen molar-refractivity contribution < 1.29 is 57.1 Å². The number of nitrogens with one attached hydrogen (secondary N) is 12. The van der Waals surface area contributed by atoms with Crippen LogP contribution in [0, 0.1) is 6.92 Å². The molecule has 0 atom stereocenters. The molecular formula is C90H87N27O12. The third kappa shape index (κ3) is 29.0. The molecule has 0 fully saturated rings. The fourth-order valence-electron chi connectivity index (χ4n) is 10.7. The van der Waals surface area contributed by atoms with Gasteiger partial charge in [-0.25, -0.2) is 0 Å². The van der Waals surface area contributed by atoms with E-state index in [2.05, 4.69) is 139 Å². The number of nitrogens with zero attached hydrogens (tertiary/aromatic N) is 15. The Balaban J connectivity index is 0.000000156. The van der Waals surface area contributed by atoms with Crippen LogP contribution in [0.1, 0.15) is 57.4 Å². The Morgan fingerprint density at radius 2 is 0.426 bits per heavy atom. The molecule has 0 aliphatic carbocycles. The number of aryl methyl sites for hydroxylation is 1. The number of carbonyl (C=O) groups is 5. The molecule has 0 aliphatic rings. The number of benzene rings is 10. The Morgan fingerprint density at radius 3 is 0.674 bits per heavy atom. The normalized spacial score (nSPS) is 10.1. The van der Waals surface area contributed by atoms with E-state index in [4.69, 9.17) is 33.2 Å². The predicted molar refractivity (Wildman–Crippen MR) is 489 cm³/mol. The number of rotatable bonds is 29. The maximum atomic E-state index is 12.4. The number of aromatic nitrogens is 15. The smallest absolute Gasteiger partial charge is 0.322 e. The fraction of sp³-hybridized carbons (Fsp3) is 0.111. The van der Waals surface area contributed by atoms with Gasteiger partial charge >= 0.3 is 18.0 Å². The molecule has 15 aromatic rings. The number of methoxy groups -OCH3 is 7. The summed E-state index contributed by atoms with van der Waals surface area (Å²) in [7, 11) is 13.9. The van der Waals surface area contributed by atoms with Crippen molar-refractivity contribution in [2.24, 2.45) is 0 Å². The first-order valence-electron chi connectivity index (χ1n) is 38.9. The molecule has 12 N–H and O–H groups in total. The second kappa shape index (κ2) is 47.3. The number of para-hydroxylation sites is 5. The SMILES string of the molecule is CNc1nc(NC(=O)c2ccc(OC)cc2)nc(Nc2ccccc2)n1.CNc1nc(NC(=O)c2cccc(OC)c2)nc(Nc2ccccc2)n1.COc1ccc(C(=O)Nc2nc(Nc3ccccc3)nc(OC)n2)cc1.COc1cccc(C(=O)Nc2nc(Nc3ccccc3)nc(OC)n2)c1.COc1nc(NC(=O)c2ccc(C)cc2)nc(Nc2ccccc2)n1. The van der Waals surface area contributed by atoms with Crippen LogP contribution in [0.4, 0.5) is 99.8 Å². The minimum Gasteiger partial charge on any atom is -0.497 e. The number of anilines is 17. The molecule has 0 aliphatic heterocycles. The molecule has 5 aromatic heterocycles. The molecule has 15 rings (SSSR count). The van der Waals surface area contributed by atoms with Gasteiger partial charge in [-0.1, -0.05) is 121 Å². The van der Waals surface area contributed by atoms with Crippen molar-refractivity contribution in [2.75, 3.05) is 128 Å². The van der Waals surface area contributed by atoms with Crippen LogP contribution in [0.2, 0.25) is 0 Å². The van der Waals surface area contributed by atoms with Crippen LogP contribution in [-0.2, 0) is 0 Å². The molecule has 5 amide bonds. The van der Waals surface area contributed by atoms with Crippen LogP contribution in [0.3, 0.4) is 0 Å². The highest BCUT2D eigenvalue weighted by Crippen LogP contribution is 2.26. The van der Waals surface area contributed by atoms with Gasteiger partial charge in [0.05, 0.1) is 49.8 Å². The van der Waals surface area contributed by atoms with Gasteiger partial charge in [0.2, 0.25) is 71.4 Å². The summed E-state index contributed by atoms with van der Waals surface area (Å²) in [6.45, 7) is 1.96. The van der Waals surface area contributed by atoms with Gasteiger partial charge in [-0.2, -0.15) is 74.8 Å². The summed E-state index contributed by atoms with van der Waals surface area (Å²) >= 11 is 0. The summed E-state index contributed by atoms with van der Waals surface area (Å²) in [5.41, 5.74) is 7.42. The molecule has 0 bridgehead atoms. The second-order valence-corrected chi connectivity index (χ2v) is 26.0. The van der Waals surface area contributed by atoms with E-state index in [1.165, 1.54) is 28.4 Å². The lowest BCUT2D eigenvalue weighted by atomic mass is 10.1. The van der Waals surface area contributed by atoms with Crippen LogP contribution in [-0.4, -0.2) is 168 Å². The highest BCUT2D eigenvalue weighted by Gasteiger charge is 2.19. The molecule has 0 saturated carbocycles. The summed E-state index contributed by atoms with van der Waals surface area (Å²) in [6.07, 6.45) is 0. The van der Waals surface area contributed by atoms with Crippen LogP contribution < -0.4 is 97.0 Å². The van der Waals surface area contributed by atoms with Crippen molar-refractivity contribution in [1.82, 2.24) is 74.8 Å². The molecular weight excluding hydrogens is 1650 g/mol. The molecule has 0 radical (unpaired) electrons. The van der Waals surface area contributed by atoms with E-state index in [-0.39, 0.29) is 95.2 Å². The minimum absolute atomic E-state index is 0.0723. The Bertz CT molecular complexity index is 5880. The van der Waals surface area contributed by atoms with Gasteiger partial charge in [0.1, 0.15) is 23.0 Å². The van der Waals surface area contributed by atoms with Crippen molar-refractivity contribution in [2.45, 2.75) is 6.92 Å². The van der Waals surface area contributed by atoms with Gasteiger partial charge in [0.15, 0.2) is 0 Å². The lowest BCUT2D eigenvalue weighted by molar-refractivity contribution is 0.101. The zero-order chi connectivity index (χ0) is 91.1. The molecule has 10 aromatic carbocycles. The van der Waals surface area contributed by atoms with Crippen molar-refractivity contribution in [1.29, 1.82) is 0 Å². The summed E-state index contributed by atoms with van der Waals surface area (Å²) < 4.78 is 35.7. The summed E-state index contributed by atoms with van der Waals surface area (Å²) in [6, 6.07) is 81.7. The van der Waals surface area contributed by atoms with Gasteiger partial charge in [-0.15, -0.1) is 0 Å². The first kappa shape index (κ1) is 91.5. The van der Waals surface area contributed by atoms with Gasteiger partial charge in [-0.3, -0.25) is 50.6 Å². The van der Waals surface area contributed by atoms with Gasteiger partial charge < -0.3 is 70.4 Å². The highest BCUT2D eigenvalue weighted by molar-refractivity contribution is 6.06. The third-order valence-corrected chi connectivity index (χ3v) is 17.1. The van der Waals surface area contributed by atoms with Crippen molar-refractivity contribution in [3.8, 4) is 41.0 Å². The minimum atomic E-state index is -0.372. The van der Waals surface area contributed by atoms with E-state index in [0.717, 1.165) is 34.0 Å². The molecule has 5 heterocycles. The molecule has 0 spiro atoms. The fourth-order valence-corrected chi connectivity index (χ4v) is 10.7. The second-order valence-electron chi connectivity index (χ2n) is 26.0. The number of ether oxygens (including phenoxy) is 7. The quantitative estimate of drug-likeness (QED) is 0.0207. The van der Waals surface area contributed by atoms with E-state index in [1.54, 1.807) is 145 Å². The third-order valence-electron chi connectivity index (χ3n) is 17.1. The number of hydrogen-bond donors (Lipinski definition) is 12. The molecule has 654 valence electrons. The first-order valence-corrected chi connectivity index (χ1v) is 38.9. The summed E-state index contributed by atoms with van der Waals surface area (Å²) in [5.74, 6) is 3.44. The van der Waals surface area contributed by atoms with E-state index in [0.29, 0.717) is 74.6 Å². The molecule has 39 nitrogen and oxygen atoms in total. The largest absolute Gasteiger partial charge is 0.497 e. The standard InChI is InChI=1S/2C18H18N6O2.2C18H17N5O3.C18H17N5O2/c1-19-16-22-17(20-13-8-4-3-5-9-13)24-18(23-16)21-15(25)12-7-6-10-14(11-12)26-2;1-19-16-22-17(20-13-6-4-3-5-7-13)24-18(23-16)21-15(25)12-8-10-14(26-2)11-9-12;1-25-14-10-6-7-12(11-14)15(24)20-17-21-16(22-18(23-17)26-2)19-13-8-4-3-5-9-13;1-25-14-10-8-12(9-11-14)15(24)20-17-21-16(22-18(23-17)26-2)19-13-6-4-3-5-7-13;1-12-8-10-13(11-9-12)15(24)20-17-21-16(22-18(23-17)25-2)19-14-6-4-3-5-7-14/h2*3-11H,1-2H3,(H3,19,20,21,22,23,24,25);2*3-11H,1-2H3,(H2,19,20,21,22,23,24);3-11H,1-2H3,(H2,19,20,21,22,23,24). The Morgan fingerprint density at radius 1 is 0.209 bits per heavy atom. The van der Waals surface area contributed by atoms with Crippen molar-refractivity contribution in [3.05, 3.63) is 306 Å². The van der Waals surface area contributed by atoms with Gasteiger partial charge in [0.25, 0.3) is 29.5 Å². The maximum absolute atomic E-state index is 12.4. The van der Waals surface area contributed by atoms with E-state index in [1.807, 2.05) is 171 Å². The highest BCUT2D eigenvalue weighted by atomic mass is 16.5. The number of carbonyl (C=O) groups excluding carboxylic acids is 5.